The molecule has 3 atom stereocenters. The van der Waals surface area contributed by atoms with Crippen molar-refractivity contribution in [3.8, 4) is 32.8 Å². The summed E-state index contributed by atoms with van der Waals surface area (Å²) in [5.41, 5.74) is 7.58. The number of aliphatic hydroxyl groups is 1. The van der Waals surface area contributed by atoms with Gasteiger partial charge in [-0.05, 0) is 72.9 Å². The molecule has 0 saturated carbocycles. The number of aryl methyl sites for hydroxylation is 1. The van der Waals surface area contributed by atoms with Gasteiger partial charge in [0.1, 0.15) is 23.7 Å². The Morgan fingerprint density at radius 2 is 1.58 bits per heavy atom. The van der Waals surface area contributed by atoms with Gasteiger partial charge in [0.2, 0.25) is 23.6 Å². The minimum absolute atomic E-state index is 0.00713. The monoisotopic (exact) mass is 1070 g/mol. The Hall–Kier alpha value is -6.54. The Morgan fingerprint density at radius 3 is 2.29 bits per heavy atom. The number of piperidine rings is 1. The molecular weight excluding hydrogens is 1000 g/mol. The largest absolute Gasteiger partial charge is 0.391 e. The molecule has 0 bridgehead atoms. The predicted octanol–water partition coefficient (Wildman–Crippen LogP) is 8.41. The highest BCUT2D eigenvalue weighted by Crippen LogP contribution is 2.33. The zero-order chi connectivity index (χ0) is 54.2. The fraction of sp³-hybridized carbons (Fsp3) is 0.483. The van der Waals surface area contributed by atoms with Crippen LogP contribution in [0.5, 0.6) is 0 Å². The van der Waals surface area contributed by atoms with Crippen LogP contribution in [-0.2, 0) is 37.0 Å². The number of benzene rings is 3. The number of rotatable bonds is 19. The van der Waals surface area contributed by atoms with Crippen LogP contribution in [0.1, 0.15) is 108 Å². The molecule has 6 aromatic rings. The van der Waals surface area contributed by atoms with Crippen LogP contribution >= 0.6 is 11.3 Å². The van der Waals surface area contributed by atoms with Gasteiger partial charge in [0.15, 0.2) is 0 Å². The number of unbranched alkanes of at least 4 members (excludes halogenated alkanes) is 4. The van der Waals surface area contributed by atoms with Crippen LogP contribution in [0.4, 0.5) is 8.78 Å². The molecule has 3 aromatic carbocycles. The first-order valence-corrected chi connectivity index (χ1v) is 27.9. The number of carbonyl (C=O) groups is 4. The van der Waals surface area contributed by atoms with Crippen molar-refractivity contribution in [2.75, 3.05) is 45.9 Å². The molecule has 9 rings (SSSR count). The molecule has 3 saturated heterocycles. The Morgan fingerprint density at radius 1 is 0.870 bits per heavy atom. The molecule has 0 radical (unpaired) electrons. The fourth-order valence-electron chi connectivity index (χ4n) is 10.6. The Balaban J connectivity index is 0.686. The summed E-state index contributed by atoms with van der Waals surface area (Å²) in [5.74, 6) is -2.06. The van der Waals surface area contributed by atoms with Gasteiger partial charge in [-0.2, -0.15) is 5.10 Å². The van der Waals surface area contributed by atoms with Crippen molar-refractivity contribution in [3.05, 3.63) is 107 Å². The molecule has 3 aliphatic heterocycles. The summed E-state index contributed by atoms with van der Waals surface area (Å²) in [6, 6.07) is 14.4. The number of nitrogens with zero attached hydrogens (tertiary/aromatic N) is 8. The van der Waals surface area contributed by atoms with Gasteiger partial charge in [-0.15, -0.1) is 11.3 Å². The minimum atomic E-state index is -0.892. The summed E-state index contributed by atoms with van der Waals surface area (Å²) in [4.78, 5) is 74.4. The second-order valence-corrected chi connectivity index (χ2v) is 22.6. The maximum absolute atomic E-state index is 15.5. The van der Waals surface area contributed by atoms with Gasteiger partial charge >= 0.3 is 0 Å². The van der Waals surface area contributed by atoms with Crippen LogP contribution in [0.3, 0.4) is 0 Å². The number of carbonyl (C=O) groups excluding carboxylic acids is 4. The van der Waals surface area contributed by atoms with E-state index in [1.54, 1.807) is 35.9 Å². The molecule has 77 heavy (non-hydrogen) atoms. The zero-order valence-electron chi connectivity index (χ0n) is 44.5. The Kier molecular flexibility index (Phi) is 17.8. The molecule has 408 valence electrons. The van der Waals surface area contributed by atoms with Crippen LogP contribution in [0, 0.1) is 24.0 Å². The molecular formula is C58H70F2N10O6S. The van der Waals surface area contributed by atoms with Crippen LogP contribution in [0.15, 0.2) is 78.7 Å². The van der Waals surface area contributed by atoms with E-state index in [1.807, 2.05) is 84.2 Å². The first-order valence-electron chi connectivity index (χ1n) is 27.0. The fourth-order valence-corrected chi connectivity index (χ4v) is 11.4. The maximum atomic E-state index is 15.5. The molecule has 3 fully saturated rings. The summed E-state index contributed by atoms with van der Waals surface area (Å²) in [5, 5.41) is 21.2. The van der Waals surface area contributed by atoms with E-state index in [9.17, 15) is 24.3 Å². The van der Waals surface area contributed by atoms with E-state index in [1.165, 1.54) is 17.0 Å². The highest BCUT2D eigenvalue weighted by molar-refractivity contribution is 7.13. The first-order chi connectivity index (χ1) is 37.1. The molecule has 0 aliphatic carbocycles. The summed E-state index contributed by atoms with van der Waals surface area (Å²) in [6.07, 6.45) is 10.8. The number of halogens is 2. The van der Waals surface area contributed by atoms with Crippen LogP contribution < -0.4 is 10.6 Å². The number of nitrogens with one attached hydrogen (secondary N) is 2. The summed E-state index contributed by atoms with van der Waals surface area (Å²) >= 11 is 1.57. The highest BCUT2D eigenvalue weighted by Gasteiger charge is 2.44. The molecule has 4 amide bonds. The van der Waals surface area contributed by atoms with Crippen molar-refractivity contribution in [2.24, 2.45) is 5.41 Å². The number of fused-ring (bicyclic) bond motifs is 1. The van der Waals surface area contributed by atoms with Crippen LogP contribution in [0.2, 0.25) is 0 Å². The number of amides is 4. The predicted molar refractivity (Wildman–Crippen MR) is 291 cm³/mol. The molecule has 19 heteroatoms. The standard InChI is InChI=1S/C58H70F2N10O6S/c1-37-54(77-36-63-37)39-17-15-38(16-18-39)30-62-56(74)50-29-43(71)34-69(50)57(75)55(58(2,3)4)66-51(72)13-8-6-5-7-9-14-52(73)68-21-19-42(20-22-68)70-33-41(31-64-70)49-32-61-48-12-10-11-44(53(48)65-49)40-27-46(59)45(47(60)28-40)35-67-23-25-76-26-24-67/h10-12,15-18,27-28,31-33,36,42-43,50,55,71H,5-9,13-14,19-26,29-30,34-35H2,1-4H3,(H,62,74)(H,66,72)/t43-,50+,55?/m1/s1. The second-order valence-electron chi connectivity index (χ2n) is 21.8. The number of para-hydroxylation sites is 1. The Labute approximate surface area is 452 Å². The van der Waals surface area contributed by atoms with Gasteiger partial charge in [0.05, 0.1) is 70.6 Å². The summed E-state index contributed by atoms with van der Waals surface area (Å²) in [6.45, 7) is 11.6. The normalized spacial score (nSPS) is 18.0. The lowest BCUT2D eigenvalue weighted by Crippen LogP contribution is -2.57. The number of thiazole rings is 1. The van der Waals surface area contributed by atoms with Gasteiger partial charge in [-0.1, -0.05) is 76.4 Å². The number of hydrogen-bond donors (Lipinski definition) is 3. The van der Waals surface area contributed by atoms with E-state index in [4.69, 9.17) is 9.72 Å². The molecule has 3 aromatic heterocycles. The third kappa shape index (κ3) is 13.6. The van der Waals surface area contributed by atoms with E-state index < -0.39 is 41.1 Å². The molecule has 3 aliphatic rings. The molecule has 6 heterocycles. The van der Waals surface area contributed by atoms with Crippen molar-refractivity contribution in [3.63, 3.8) is 0 Å². The third-order valence-electron chi connectivity index (χ3n) is 15.1. The minimum Gasteiger partial charge on any atom is -0.391 e. The number of likely N-dealkylation sites (tertiary alicyclic amines) is 2. The molecule has 3 N–H and O–H groups in total. The number of hydrogen-bond acceptors (Lipinski definition) is 12. The smallest absolute Gasteiger partial charge is 0.246 e. The first kappa shape index (κ1) is 55.2. The SMILES string of the molecule is Cc1ncsc1-c1ccc(CNC(=O)[C@@H]2C[C@@H](O)CN2C(=O)C(NC(=O)CCCCCCCC(=O)N2CCC(n3cc(-c4cnc5cccc(-c6cc(F)c(CN7CCOCC7)c(F)c6)c5n4)cn3)CC2)C(C)(C)C)cc1. The second kappa shape index (κ2) is 24.8. The van der Waals surface area contributed by atoms with Gasteiger partial charge < -0.3 is 30.3 Å². The van der Waals surface area contributed by atoms with Gasteiger partial charge in [-0.25, -0.2) is 18.7 Å². The quantitative estimate of drug-likeness (QED) is 0.0661. The van der Waals surface area contributed by atoms with E-state index >= 15 is 8.78 Å². The lowest BCUT2D eigenvalue weighted by atomic mass is 9.85. The molecule has 1 unspecified atom stereocenters. The summed E-state index contributed by atoms with van der Waals surface area (Å²) in [7, 11) is 0. The third-order valence-corrected chi connectivity index (χ3v) is 16.1. The highest BCUT2D eigenvalue weighted by atomic mass is 32.1. The Bertz CT molecular complexity index is 3010. The van der Waals surface area contributed by atoms with Crippen molar-refractivity contribution >= 4 is 46.0 Å². The van der Waals surface area contributed by atoms with Crippen molar-refractivity contribution in [1.29, 1.82) is 0 Å². The van der Waals surface area contributed by atoms with E-state index in [0.29, 0.717) is 80.1 Å². The lowest BCUT2D eigenvalue weighted by Gasteiger charge is -2.35. The molecule has 16 nitrogen and oxygen atoms in total. The van der Waals surface area contributed by atoms with E-state index in [2.05, 4.69) is 25.7 Å². The molecule has 0 spiro atoms. The number of aromatic nitrogens is 5. The average Bonchev–Trinajstić information content (AvgIpc) is 4.23. The number of aliphatic hydroxyl groups excluding tert-OH is 1. The van der Waals surface area contributed by atoms with E-state index in [-0.39, 0.29) is 61.8 Å². The average molecular weight is 1070 g/mol. The number of β-amino-alcohol motifs (C(OH)–C–C–N with tert-alkyl or cyclic N) is 1. The van der Waals surface area contributed by atoms with Crippen molar-refractivity contribution in [2.45, 2.75) is 129 Å². The van der Waals surface area contributed by atoms with Crippen LogP contribution in [0.25, 0.3) is 43.9 Å². The van der Waals surface area contributed by atoms with Gasteiger partial charge in [-0.3, -0.25) is 33.7 Å². The van der Waals surface area contributed by atoms with Gasteiger partial charge in [0.25, 0.3) is 0 Å². The summed E-state index contributed by atoms with van der Waals surface area (Å²) < 4.78 is 38.2. The van der Waals surface area contributed by atoms with E-state index in [0.717, 1.165) is 65.8 Å². The van der Waals surface area contributed by atoms with Gasteiger partial charge in [0, 0.05) is 88.0 Å². The van der Waals surface area contributed by atoms with Crippen LogP contribution in [-0.4, -0.2) is 132 Å². The van der Waals surface area contributed by atoms with Crippen molar-refractivity contribution < 1.29 is 37.8 Å². The number of morpholine rings is 1. The maximum Gasteiger partial charge on any atom is 0.246 e. The topological polar surface area (TPSA) is 188 Å². The van der Waals surface area contributed by atoms with Crippen molar-refractivity contribution in [1.82, 2.24) is 50.1 Å². The zero-order valence-corrected chi connectivity index (χ0v) is 45.3. The lowest BCUT2D eigenvalue weighted by molar-refractivity contribution is -0.144. The number of ether oxygens (including phenoxy) is 1.